The Hall–Kier alpha value is -3.61. The minimum absolute atomic E-state index is 0.0653. The van der Waals surface area contributed by atoms with Gasteiger partial charge in [0.25, 0.3) is 5.91 Å². The molecule has 1 aliphatic heterocycles. The van der Waals surface area contributed by atoms with Gasteiger partial charge in [-0.3, -0.25) is 14.3 Å². The van der Waals surface area contributed by atoms with E-state index in [9.17, 15) is 14.7 Å². The summed E-state index contributed by atoms with van der Waals surface area (Å²) in [6.45, 7) is 2.73. The van der Waals surface area contributed by atoms with Crippen molar-refractivity contribution >= 4 is 5.91 Å². The van der Waals surface area contributed by atoms with Gasteiger partial charge in [0.2, 0.25) is 5.43 Å². The topological polar surface area (TPSA) is 84.7 Å². The maximum Gasteiger partial charge on any atom is 0.276 e. The average Bonchev–Trinajstić information content (AvgIpc) is 2.78. The fraction of sp³-hybridized carbons (Fsp3) is 0.261. The van der Waals surface area contributed by atoms with Crippen LogP contribution in [0.2, 0.25) is 0 Å². The second-order valence-electron chi connectivity index (χ2n) is 7.23. The van der Waals surface area contributed by atoms with Crippen LogP contribution in [0.4, 0.5) is 0 Å². The lowest BCUT2D eigenvalue weighted by molar-refractivity contribution is 0.0646. The van der Waals surface area contributed by atoms with E-state index in [2.05, 4.69) is 5.10 Å². The van der Waals surface area contributed by atoms with Crippen LogP contribution in [0.25, 0.3) is 0 Å². The Labute approximate surface area is 174 Å². The summed E-state index contributed by atoms with van der Waals surface area (Å²) in [5.74, 6) is -0.412. The third-order valence-corrected chi connectivity index (χ3v) is 5.58. The summed E-state index contributed by atoms with van der Waals surface area (Å²) in [5.41, 5.74) is 1.29. The SMILES string of the molecule is CCN1CC(C(c2ccccc2)c2cccc(OC)c2)n2ncc(=O)c(O)c2C1=O. The minimum Gasteiger partial charge on any atom is -0.502 e. The molecule has 2 unspecified atom stereocenters. The normalized spacial score (nSPS) is 16.8. The Kier molecular flexibility index (Phi) is 5.27. The van der Waals surface area contributed by atoms with Crippen molar-refractivity contribution in [2.24, 2.45) is 0 Å². The maximum absolute atomic E-state index is 12.9. The van der Waals surface area contributed by atoms with E-state index in [0.29, 0.717) is 13.1 Å². The number of methoxy groups -OCH3 is 1. The molecule has 0 saturated heterocycles. The number of hydrogen-bond acceptors (Lipinski definition) is 5. The molecule has 0 fully saturated rings. The van der Waals surface area contributed by atoms with E-state index in [-0.39, 0.29) is 17.7 Å². The highest BCUT2D eigenvalue weighted by Gasteiger charge is 2.39. The van der Waals surface area contributed by atoms with E-state index >= 15 is 0 Å². The Bertz CT molecular complexity index is 1130. The van der Waals surface area contributed by atoms with Crippen LogP contribution in [0.1, 0.15) is 40.5 Å². The molecular formula is C23H23N3O4. The molecule has 0 bridgehead atoms. The number of nitrogens with zero attached hydrogens (tertiary/aromatic N) is 3. The second-order valence-corrected chi connectivity index (χ2v) is 7.23. The van der Waals surface area contributed by atoms with Gasteiger partial charge in [-0.05, 0) is 30.2 Å². The van der Waals surface area contributed by atoms with Crippen LogP contribution in [0.5, 0.6) is 11.5 Å². The molecule has 154 valence electrons. The molecule has 30 heavy (non-hydrogen) atoms. The molecule has 7 nitrogen and oxygen atoms in total. The number of amides is 1. The molecule has 7 heteroatoms. The van der Waals surface area contributed by atoms with Crippen LogP contribution in [-0.2, 0) is 0 Å². The van der Waals surface area contributed by atoms with E-state index in [1.807, 2.05) is 61.5 Å². The van der Waals surface area contributed by atoms with E-state index in [1.54, 1.807) is 12.0 Å². The maximum atomic E-state index is 12.9. The average molecular weight is 405 g/mol. The van der Waals surface area contributed by atoms with Crippen LogP contribution >= 0.6 is 0 Å². The van der Waals surface area contributed by atoms with Gasteiger partial charge in [0.05, 0.1) is 19.3 Å². The third-order valence-electron chi connectivity index (χ3n) is 5.58. The first kappa shape index (κ1) is 19.7. The zero-order chi connectivity index (χ0) is 21.3. The summed E-state index contributed by atoms with van der Waals surface area (Å²) in [4.78, 5) is 26.6. The Morgan fingerprint density at radius 1 is 1.13 bits per heavy atom. The number of benzene rings is 2. The number of aromatic nitrogens is 2. The zero-order valence-corrected chi connectivity index (χ0v) is 16.9. The number of fused-ring (bicyclic) bond motifs is 1. The van der Waals surface area contributed by atoms with Gasteiger partial charge in [0.15, 0.2) is 11.4 Å². The predicted octanol–water partition coefficient (Wildman–Crippen LogP) is 2.81. The summed E-state index contributed by atoms with van der Waals surface area (Å²) in [5, 5.41) is 14.7. The molecule has 2 heterocycles. The van der Waals surface area contributed by atoms with Crippen molar-refractivity contribution in [2.45, 2.75) is 18.9 Å². The standard InChI is InChI=1S/C23H23N3O4/c1-3-25-14-18(26-21(23(25)29)22(28)19(27)13-24-26)20(15-8-5-4-6-9-15)16-10-7-11-17(12-16)30-2/h4-13,18,20,28H,3,14H2,1-2H3. The van der Waals surface area contributed by atoms with Gasteiger partial charge in [-0.15, -0.1) is 0 Å². The van der Waals surface area contributed by atoms with Crippen molar-refractivity contribution in [3.05, 3.63) is 87.8 Å². The first-order chi connectivity index (χ1) is 14.5. The zero-order valence-electron chi connectivity index (χ0n) is 16.9. The monoisotopic (exact) mass is 405 g/mol. The Morgan fingerprint density at radius 2 is 1.87 bits per heavy atom. The van der Waals surface area contributed by atoms with Gasteiger partial charge in [-0.25, -0.2) is 0 Å². The number of ether oxygens (including phenoxy) is 1. The number of carbonyl (C=O) groups excluding carboxylic acids is 1. The first-order valence-corrected chi connectivity index (χ1v) is 9.84. The molecule has 1 aliphatic rings. The fourth-order valence-corrected chi connectivity index (χ4v) is 4.10. The number of hydrogen-bond donors (Lipinski definition) is 1. The van der Waals surface area contributed by atoms with Crippen molar-refractivity contribution in [3.63, 3.8) is 0 Å². The van der Waals surface area contributed by atoms with Crippen molar-refractivity contribution in [1.82, 2.24) is 14.7 Å². The molecule has 4 rings (SSSR count). The molecule has 0 aliphatic carbocycles. The Balaban J connectivity index is 1.95. The molecular weight excluding hydrogens is 382 g/mol. The summed E-state index contributed by atoms with van der Waals surface area (Å²) >= 11 is 0. The quantitative estimate of drug-likeness (QED) is 0.706. The third kappa shape index (κ3) is 3.32. The van der Waals surface area contributed by atoms with Gasteiger partial charge in [-0.1, -0.05) is 42.5 Å². The molecule has 1 amide bonds. The van der Waals surface area contributed by atoms with Crippen LogP contribution in [0.3, 0.4) is 0 Å². The van der Waals surface area contributed by atoms with E-state index in [1.165, 1.54) is 4.68 Å². The van der Waals surface area contributed by atoms with Crippen LogP contribution < -0.4 is 10.2 Å². The van der Waals surface area contributed by atoms with Crippen LogP contribution in [0, 0.1) is 0 Å². The van der Waals surface area contributed by atoms with Crippen molar-refractivity contribution in [3.8, 4) is 11.5 Å². The smallest absolute Gasteiger partial charge is 0.276 e. The van der Waals surface area contributed by atoms with Gasteiger partial charge in [0.1, 0.15) is 5.75 Å². The summed E-state index contributed by atoms with van der Waals surface area (Å²) in [6, 6.07) is 17.4. The van der Waals surface area contributed by atoms with E-state index in [0.717, 1.165) is 23.1 Å². The van der Waals surface area contributed by atoms with Crippen LogP contribution in [-0.4, -0.2) is 45.9 Å². The van der Waals surface area contributed by atoms with Crippen LogP contribution in [0.15, 0.2) is 65.6 Å². The number of aromatic hydroxyl groups is 1. The molecule has 2 atom stereocenters. The first-order valence-electron chi connectivity index (χ1n) is 9.84. The van der Waals surface area contributed by atoms with E-state index < -0.39 is 17.1 Å². The lowest BCUT2D eigenvalue weighted by Crippen LogP contribution is -2.46. The van der Waals surface area contributed by atoms with Crippen molar-refractivity contribution in [1.29, 1.82) is 0 Å². The summed E-state index contributed by atoms with van der Waals surface area (Å²) in [7, 11) is 1.62. The van der Waals surface area contributed by atoms with Crippen molar-refractivity contribution < 1.29 is 14.6 Å². The molecule has 0 spiro atoms. The number of carbonyl (C=O) groups is 1. The van der Waals surface area contributed by atoms with Gasteiger partial charge in [0, 0.05) is 19.0 Å². The highest BCUT2D eigenvalue weighted by atomic mass is 16.5. The summed E-state index contributed by atoms with van der Waals surface area (Å²) < 4.78 is 6.93. The van der Waals surface area contributed by atoms with E-state index in [4.69, 9.17) is 4.74 Å². The largest absolute Gasteiger partial charge is 0.502 e. The highest BCUT2D eigenvalue weighted by Crippen LogP contribution is 2.40. The summed E-state index contributed by atoms with van der Waals surface area (Å²) in [6.07, 6.45) is 1.06. The number of rotatable bonds is 5. The molecule has 2 aromatic carbocycles. The Morgan fingerprint density at radius 3 is 2.57 bits per heavy atom. The number of likely N-dealkylation sites (N-methyl/N-ethyl adjacent to an activating group) is 1. The van der Waals surface area contributed by atoms with Gasteiger partial charge < -0.3 is 14.7 Å². The fourth-order valence-electron chi connectivity index (χ4n) is 4.10. The lowest BCUT2D eigenvalue weighted by atomic mass is 9.83. The minimum atomic E-state index is -0.663. The molecule has 1 aromatic heterocycles. The molecule has 1 N–H and O–H groups in total. The second kappa shape index (κ2) is 8.02. The van der Waals surface area contributed by atoms with Crippen molar-refractivity contribution in [2.75, 3.05) is 20.2 Å². The molecule has 3 aromatic rings. The van der Waals surface area contributed by atoms with Gasteiger partial charge in [-0.2, -0.15) is 5.10 Å². The highest BCUT2D eigenvalue weighted by molar-refractivity contribution is 5.95. The molecule has 0 saturated carbocycles. The van der Waals surface area contributed by atoms with Gasteiger partial charge >= 0.3 is 0 Å². The molecule has 0 radical (unpaired) electrons. The lowest BCUT2D eigenvalue weighted by Gasteiger charge is -2.39. The predicted molar refractivity (Wildman–Crippen MR) is 112 cm³/mol.